The Morgan fingerprint density at radius 2 is 2.60 bits per heavy atom. The average Bonchev–Trinajstić information content (AvgIpc) is 2.36. The van der Waals surface area contributed by atoms with E-state index in [-0.39, 0.29) is 0 Å². The molecule has 0 aliphatic heterocycles. The smallest absolute Gasteiger partial charge is 0.323 e. The third-order valence-electron chi connectivity index (χ3n) is 0.919. The van der Waals surface area contributed by atoms with Gasteiger partial charge in [0, 0.05) is 11.6 Å². The predicted molar refractivity (Wildman–Crippen MR) is 41.5 cm³/mol. The summed E-state index contributed by atoms with van der Waals surface area (Å²) in [6.45, 7) is 0. The average molecular weight is 175 g/mol. The molecule has 0 spiro atoms. The minimum atomic E-state index is -0.960. The zero-order chi connectivity index (χ0) is 7.56. The maximum Gasteiger partial charge on any atom is 0.323 e. The second-order valence-electron chi connectivity index (χ2n) is 1.61. The number of hydrogen-bond donors (Lipinski definition) is 2. The fourth-order valence-electron chi connectivity index (χ4n) is 0.475. The zero-order valence-corrected chi connectivity index (χ0v) is 6.60. The summed E-state index contributed by atoms with van der Waals surface area (Å²) in [7, 11) is 0. The second kappa shape index (κ2) is 3.03. The lowest BCUT2D eigenvalue weighted by Gasteiger charge is -1.97. The summed E-state index contributed by atoms with van der Waals surface area (Å²) < 4.78 is 0. The first-order valence-corrected chi connectivity index (χ1v) is 3.91. The SMILES string of the molecule is O=C(O)C(S)c1nccs1. The van der Waals surface area contributed by atoms with Crippen LogP contribution in [0.2, 0.25) is 0 Å². The quantitative estimate of drug-likeness (QED) is 0.664. The van der Waals surface area contributed by atoms with E-state index >= 15 is 0 Å². The number of aromatic nitrogens is 1. The molecule has 0 aliphatic rings. The van der Waals surface area contributed by atoms with Gasteiger partial charge in [-0.25, -0.2) is 4.98 Å². The molecular formula is C5H5NO2S2. The number of carboxylic acids is 1. The summed E-state index contributed by atoms with van der Waals surface area (Å²) >= 11 is 5.12. The van der Waals surface area contributed by atoms with Gasteiger partial charge in [0.05, 0.1) is 0 Å². The van der Waals surface area contributed by atoms with E-state index in [0.717, 1.165) is 0 Å². The van der Waals surface area contributed by atoms with E-state index in [1.807, 2.05) is 0 Å². The minimum Gasteiger partial charge on any atom is -0.480 e. The number of nitrogens with zero attached hydrogens (tertiary/aromatic N) is 1. The molecule has 1 aromatic heterocycles. The van der Waals surface area contributed by atoms with E-state index in [0.29, 0.717) is 5.01 Å². The molecule has 0 bridgehead atoms. The summed E-state index contributed by atoms with van der Waals surface area (Å²) in [5.41, 5.74) is 0. The molecule has 54 valence electrons. The van der Waals surface area contributed by atoms with Crippen LogP contribution in [0.5, 0.6) is 0 Å². The van der Waals surface area contributed by atoms with Gasteiger partial charge in [-0.1, -0.05) is 0 Å². The Morgan fingerprint density at radius 3 is 3.00 bits per heavy atom. The standard InChI is InChI=1S/C5H5NO2S2/c7-5(8)3(9)4-6-1-2-10-4/h1-3,9H,(H,7,8). The molecule has 0 saturated heterocycles. The molecule has 0 radical (unpaired) electrons. The fraction of sp³-hybridized carbons (Fsp3) is 0.200. The maximum atomic E-state index is 10.3. The Balaban J connectivity index is 2.77. The maximum absolute atomic E-state index is 10.3. The van der Waals surface area contributed by atoms with Crippen LogP contribution in [0.25, 0.3) is 0 Å². The normalized spacial score (nSPS) is 12.9. The van der Waals surface area contributed by atoms with Crippen molar-refractivity contribution < 1.29 is 9.90 Å². The lowest BCUT2D eigenvalue weighted by molar-refractivity contribution is -0.136. The van der Waals surface area contributed by atoms with Gasteiger partial charge >= 0.3 is 5.97 Å². The molecule has 0 fully saturated rings. The zero-order valence-electron chi connectivity index (χ0n) is 4.89. The largest absolute Gasteiger partial charge is 0.480 e. The van der Waals surface area contributed by atoms with Crippen molar-refractivity contribution in [1.29, 1.82) is 0 Å². The molecule has 3 nitrogen and oxygen atoms in total. The molecule has 5 heteroatoms. The van der Waals surface area contributed by atoms with Crippen molar-refractivity contribution in [2.75, 3.05) is 0 Å². The van der Waals surface area contributed by atoms with E-state index in [9.17, 15) is 4.79 Å². The summed E-state index contributed by atoms with van der Waals surface area (Å²) in [5.74, 6) is -0.960. The second-order valence-corrected chi connectivity index (χ2v) is 3.05. The Bertz CT molecular complexity index is 222. The van der Waals surface area contributed by atoms with Crippen LogP contribution in [-0.2, 0) is 4.79 Å². The highest BCUT2D eigenvalue weighted by Crippen LogP contribution is 2.21. The van der Waals surface area contributed by atoms with Gasteiger partial charge in [0.2, 0.25) is 0 Å². The molecule has 1 heterocycles. The number of thiazole rings is 1. The molecule has 1 aromatic rings. The molecule has 0 amide bonds. The summed E-state index contributed by atoms with van der Waals surface area (Å²) in [6.07, 6.45) is 1.56. The van der Waals surface area contributed by atoms with Crippen LogP contribution in [0.1, 0.15) is 10.3 Å². The third kappa shape index (κ3) is 1.48. The van der Waals surface area contributed by atoms with Gasteiger partial charge in [0.1, 0.15) is 5.01 Å². The number of hydrogen-bond acceptors (Lipinski definition) is 4. The molecule has 1 atom stereocenters. The highest BCUT2D eigenvalue weighted by Gasteiger charge is 2.16. The van der Waals surface area contributed by atoms with E-state index in [4.69, 9.17) is 5.11 Å². The first-order chi connectivity index (χ1) is 4.72. The monoisotopic (exact) mass is 175 g/mol. The predicted octanol–water partition coefficient (Wildman–Crippen LogP) is 1.20. The van der Waals surface area contributed by atoms with E-state index in [2.05, 4.69) is 17.6 Å². The lowest BCUT2D eigenvalue weighted by Crippen LogP contribution is -2.03. The van der Waals surface area contributed by atoms with Crippen LogP contribution < -0.4 is 0 Å². The van der Waals surface area contributed by atoms with Crippen molar-refractivity contribution in [2.24, 2.45) is 0 Å². The first-order valence-electron chi connectivity index (χ1n) is 2.52. The number of rotatable bonds is 2. The first kappa shape index (κ1) is 7.56. The van der Waals surface area contributed by atoms with Gasteiger partial charge in [0.25, 0.3) is 0 Å². The van der Waals surface area contributed by atoms with Gasteiger partial charge in [-0.05, 0) is 0 Å². The highest BCUT2D eigenvalue weighted by molar-refractivity contribution is 7.81. The topological polar surface area (TPSA) is 50.2 Å². The van der Waals surface area contributed by atoms with Crippen molar-refractivity contribution >= 4 is 29.9 Å². The van der Waals surface area contributed by atoms with Crippen LogP contribution in [0, 0.1) is 0 Å². The minimum absolute atomic E-state index is 0.524. The molecule has 0 aromatic carbocycles. The molecule has 1 rings (SSSR count). The van der Waals surface area contributed by atoms with E-state index in [1.165, 1.54) is 11.3 Å². The van der Waals surface area contributed by atoms with Crippen molar-refractivity contribution in [3.05, 3.63) is 16.6 Å². The van der Waals surface area contributed by atoms with Gasteiger partial charge in [-0.2, -0.15) is 12.6 Å². The van der Waals surface area contributed by atoms with Crippen molar-refractivity contribution in [3.63, 3.8) is 0 Å². The van der Waals surface area contributed by atoms with Crippen molar-refractivity contribution in [1.82, 2.24) is 4.98 Å². The van der Waals surface area contributed by atoms with Gasteiger partial charge in [-0.15, -0.1) is 11.3 Å². The Kier molecular flexibility index (Phi) is 2.29. The molecule has 1 unspecified atom stereocenters. The van der Waals surface area contributed by atoms with E-state index < -0.39 is 11.2 Å². The van der Waals surface area contributed by atoms with Crippen molar-refractivity contribution in [3.8, 4) is 0 Å². The third-order valence-corrected chi connectivity index (χ3v) is 2.40. The molecule has 0 saturated carbocycles. The Morgan fingerprint density at radius 1 is 1.90 bits per heavy atom. The van der Waals surface area contributed by atoms with Crippen LogP contribution in [0.3, 0.4) is 0 Å². The van der Waals surface area contributed by atoms with Gasteiger partial charge in [0.15, 0.2) is 5.25 Å². The summed E-state index contributed by atoms with van der Waals surface area (Å²) in [4.78, 5) is 14.1. The van der Waals surface area contributed by atoms with Crippen LogP contribution in [-0.4, -0.2) is 16.1 Å². The Labute approximate surface area is 67.1 Å². The van der Waals surface area contributed by atoms with E-state index in [1.54, 1.807) is 11.6 Å². The molecular weight excluding hydrogens is 170 g/mol. The van der Waals surface area contributed by atoms with Crippen LogP contribution in [0.15, 0.2) is 11.6 Å². The summed E-state index contributed by atoms with van der Waals surface area (Å²) in [5, 5.41) is 9.91. The lowest BCUT2D eigenvalue weighted by atomic mass is 10.4. The number of thiol groups is 1. The molecule has 1 N–H and O–H groups in total. The van der Waals surface area contributed by atoms with Crippen LogP contribution in [0.4, 0.5) is 0 Å². The number of aliphatic carboxylic acids is 1. The molecule has 10 heavy (non-hydrogen) atoms. The van der Waals surface area contributed by atoms with Gasteiger partial charge in [-0.3, -0.25) is 4.79 Å². The van der Waals surface area contributed by atoms with Gasteiger partial charge < -0.3 is 5.11 Å². The number of carboxylic acid groups (broad SMARTS) is 1. The number of carbonyl (C=O) groups is 1. The summed E-state index contributed by atoms with van der Waals surface area (Å²) in [6, 6.07) is 0. The Hall–Kier alpha value is -0.550. The van der Waals surface area contributed by atoms with Crippen LogP contribution >= 0.6 is 24.0 Å². The molecule has 0 aliphatic carbocycles. The fourth-order valence-corrected chi connectivity index (χ4v) is 1.34. The highest BCUT2D eigenvalue weighted by atomic mass is 32.1. The van der Waals surface area contributed by atoms with Crippen molar-refractivity contribution in [2.45, 2.75) is 5.25 Å².